The van der Waals surface area contributed by atoms with E-state index in [1.807, 2.05) is 0 Å². The molecule has 0 aliphatic heterocycles. The number of benzene rings is 1. The summed E-state index contributed by atoms with van der Waals surface area (Å²) in [7, 11) is 0. The Balaban J connectivity index is 2.41. The van der Waals surface area contributed by atoms with Crippen LogP contribution in [-0.2, 0) is 0 Å². The zero-order valence-corrected chi connectivity index (χ0v) is 10.6. The molecule has 0 bridgehead atoms. The highest BCUT2D eigenvalue weighted by atomic mass is 19.3. The Labute approximate surface area is 107 Å². The van der Waals surface area contributed by atoms with Crippen LogP contribution in [0.3, 0.4) is 0 Å². The van der Waals surface area contributed by atoms with Crippen LogP contribution >= 0.6 is 0 Å². The summed E-state index contributed by atoms with van der Waals surface area (Å²) in [5, 5.41) is 9.90. The average Bonchev–Trinajstić information content (AvgIpc) is 2.34. The second-order valence-corrected chi connectivity index (χ2v) is 4.31. The molecule has 102 valence electrons. The van der Waals surface area contributed by atoms with Gasteiger partial charge in [-0.05, 0) is 24.1 Å². The summed E-state index contributed by atoms with van der Waals surface area (Å²) in [6, 6.07) is 6.16. The second kappa shape index (κ2) is 8.03. The number of rotatable bonds is 8. The molecule has 0 heterocycles. The molecule has 1 aromatic carbocycles. The highest BCUT2D eigenvalue weighted by Crippen LogP contribution is 2.23. The fourth-order valence-electron chi connectivity index (χ4n) is 1.80. The van der Waals surface area contributed by atoms with Crippen molar-refractivity contribution in [2.75, 3.05) is 0 Å². The summed E-state index contributed by atoms with van der Waals surface area (Å²) in [5.74, 6) is 0.118. The van der Waals surface area contributed by atoms with Crippen LogP contribution in [0.5, 0.6) is 5.75 Å². The van der Waals surface area contributed by atoms with Crippen LogP contribution in [0.15, 0.2) is 24.3 Å². The number of unbranched alkanes of at least 4 members (excludes halogenated alkanes) is 3. The van der Waals surface area contributed by atoms with E-state index < -0.39 is 12.7 Å². The predicted molar refractivity (Wildman–Crippen MR) is 66.8 cm³/mol. The van der Waals surface area contributed by atoms with Crippen LogP contribution in [0.2, 0.25) is 0 Å². The van der Waals surface area contributed by atoms with Gasteiger partial charge in [0.15, 0.2) is 0 Å². The summed E-state index contributed by atoms with van der Waals surface area (Å²) in [4.78, 5) is 0. The van der Waals surface area contributed by atoms with Crippen molar-refractivity contribution in [3.8, 4) is 5.75 Å². The topological polar surface area (TPSA) is 29.5 Å². The van der Waals surface area contributed by atoms with Gasteiger partial charge in [0, 0.05) is 0 Å². The molecule has 0 radical (unpaired) electrons. The summed E-state index contributed by atoms with van der Waals surface area (Å²) in [5.41, 5.74) is 0.744. The lowest BCUT2D eigenvalue weighted by Crippen LogP contribution is -2.02. The van der Waals surface area contributed by atoms with Gasteiger partial charge in [-0.25, -0.2) is 0 Å². The largest absolute Gasteiger partial charge is 0.435 e. The van der Waals surface area contributed by atoms with Crippen molar-refractivity contribution in [2.45, 2.75) is 51.7 Å². The Morgan fingerprint density at radius 2 is 1.78 bits per heavy atom. The molecule has 0 saturated heterocycles. The lowest BCUT2D eigenvalue weighted by Gasteiger charge is -2.11. The van der Waals surface area contributed by atoms with Crippen LogP contribution in [0.25, 0.3) is 0 Å². The standard InChI is InChI=1S/C14H20F2O2/c1-2-3-4-5-6-13(17)11-7-9-12(10-8-11)18-14(15)16/h7-10,13-14,17H,2-6H2,1H3. The summed E-state index contributed by atoms with van der Waals surface area (Å²) >= 11 is 0. The molecule has 18 heavy (non-hydrogen) atoms. The van der Waals surface area contributed by atoms with Gasteiger partial charge in [-0.1, -0.05) is 44.7 Å². The Kier molecular flexibility index (Phi) is 6.65. The van der Waals surface area contributed by atoms with Crippen molar-refractivity contribution in [2.24, 2.45) is 0 Å². The van der Waals surface area contributed by atoms with Crippen LogP contribution < -0.4 is 4.74 Å². The van der Waals surface area contributed by atoms with Crippen LogP contribution in [0.4, 0.5) is 8.78 Å². The molecule has 0 spiro atoms. The fourth-order valence-corrected chi connectivity index (χ4v) is 1.80. The van der Waals surface area contributed by atoms with Gasteiger partial charge in [-0.3, -0.25) is 0 Å². The Bertz CT molecular complexity index is 325. The smallest absolute Gasteiger partial charge is 0.387 e. The summed E-state index contributed by atoms with van der Waals surface area (Å²) in [6.45, 7) is -0.673. The van der Waals surface area contributed by atoms with E-state index in [0.717, 1.165) is 24.8 Å². The molecule has 0 aliphatic carbocycles. The van der Waals surface area contributed by atoms with Crippen molar-refractivity contribution >= 4 is 0 Å². The first kappa shape index (κ1) is 14.9. The Morgan fingerprint density at radius 1 is 1.11 bits per heavy atom. The lowest BCUT2D eigenvalue weighted by molar-refractivity contribution is -0.0498. The van der Waals surface area contributed by atoms with E-state index in [9.17, 15) is 13.9 Å². The lowest BCUT2D eigenvalue weighted by atomic mass is 10.0. The van der Waals surface area contributed by atoms with E-state index >= 15 is 0 Å². The third-order valence-electron chi connectivity index (χ3n) is 2.82. The highest BCUT2D eigenvalue weighted by Gasteiger charge is 2.08. The zero-order chi connectivity index (χ0) is 13.4. The maximum Gasteiger partial charge on any atom is 0.387 e. The molecular weight excluding hydrogens is 238 g/mol. The van der Waals surface area contributed by atoms with Crippen LogP contribution in [0, 0.1) is 0 Å². The third kappa shape index (κ3) is 5.45. The van der Waals surface area contributed by atoms with Gasteiger partial charge in [-0.2, -0.15) is 8.78 Å². The number of hydrogen-bond acceptors (Lipinski definition) is 2. The van der Waals surface area contributed by atoms with E-state index in [2.05, 4.69) is 11.7 Å². The predicted octanol–water partition coefficient (Wildman–Crippen LogP) is 4.29. The normalized spacial score (nSPS) is 12.7. The van der Waals surface area contributed by atoms with E-state index in [4.69, 9.17) is 0 Å². The zero-order valence-electron chi connectivity index (χ0n) is 10.6. The number of alkyl halides is 2. The quantitative estimate of drug-likeness (QED) is 0.705. The van der Waals surface area contributed by atoms with E-state index in [1.54, 1.807) is 12.1 Å². The first-order valence-corrected chi connectivity index (χ1v) is 6.36. The molecular formula is C14H20F2O2. The molecule has 1 rings (SSSR count). The first-order valence-electron chi connectivity index (χ1n) is 6.36. The van der Waals surface area contributed by atoms with Crippen molar-refractivity contribution < 1.29 is 18.6 Å². The maximum atomic E-state index is 11.9. The van der Waals surface area contributed by atoms with Crippen LogP contribution in [-0.4, -0.2) is 11.7 Å². The van der Waals surface area contributed by atoms with Crippen molar-refractivity contribution in [1.82, 2.24) is 0 Å². The van der Waals surface area contributed by atoms with Gasteiger partial charge in [-0.15, -0.1) is 0 Å². The van der Waals surface area contributed by atoms with Crippen molar-refractivity contribution in [3.63, 3.8) is 0 Å². The molecule has 1 atom stereocenters. The molecule has 0 fully saturated rings. The number of ether oxygens (including phenoxy) is 1. The van der Waals surface area contributed by atoms with Gasteiger partial charge < -0.3 is 9.84 Å². The fraction of sp³-hybridized carbons (Fsp3) is 0.571. The van der Waals surface area contributed by atoms with E-state index in [0.29, 0.717) is 6.42 Å². The van der Waals surface area contributed by atoms with Gasteiger partial charge in [0.1, 0.15) is 5.75 Å². The molecule has 0 saturated carbocycles. The maximum absolute atomic E-state index is 11.9. The first-order chi connectivity index (χ1) is 8.63. The average molecular weight is 258 g/mol. The SMILES string of the molecule is CCCCCCC(O)c1ccc(OC(F)F)cc1. The molecule has 0 aromatic heterocycles. The van der Waals surface area contributed by atoms with Gasteiger partial charge in [0.05, 0.1) is 6.10 Å². The molecule has 0 amide bonds. The monoisotopic (exact) mass is 258 g/mol. The molecule has 1 unspecified atom stereocenters. The summed E-state index contributed by atoms with van der Waals surface area (Å²) < 4.78 is 28.1. The molecule has 1 N–H and O–H groups in total. The van der Waals surface area contributed by atoms with E-state index in [-0.39, 0.29) is 5.75 Å². The number of hydrogen-bond donors (Lipinski definition) is 1. The van der Waals surface area contributed by atoms with Gasteiger partial charge in [0.2, 0.25) is 0 Å². The Hall–Kier alpha value is -1.16. The highest BCUT2D eigenvalue weighted by molar-refractivity contribution is 5.28. The minimum atomic E-state index is -2.81. The van der Waals surface area contributed by atoms with Crippen molar-refractivity contribution in [3.05, 3.63) is 29.8 Å². The second-order valence-electron chi connectivity index (χ2n) is 4.31. The third-order valence-corrected chi connectivity index (χ3v) is 2.82. The molecule has 4 heteroatoms. The Morgan fingerprint density at radius 3 is 2.33 bits per heavy atom. The minimum Gasteiger partial charge on any atom is -0.435 e. The summed E-state index contributed by atoms with van der Waals surface area (Å²) in [6.07, 6.45) is 4.60. The minimum absolute atomic E-state index is 0.118. The van der Waals surface area contributed by atoms with Gasteiger partial charge in [0.25, 0.3) is 0 Å². The molecule has 2 nitrogen and oxygen atoms in total. The van der Waals surface area contributed by atoms with Gasteiger partial charge >= 0.3 is 6.61 Å². The molecule has 0 aliphatic rings. The van der Waals surface area contributed by atoms with Crippen LogP contribution in [0.1, 0.15) is 50.7 Å². The number of aliphatic hydroxyl groups excluding tert-OH is 1. The molecule has 1 aromatic rings. The van der Waals surface area contributed by atoms with E-state index in [1.165, 1.54) is 18.6 Å². The number of aliphatic hydroxyl groups is 1. The van der Waals surface area contributed by atoms with Crippen molar-refractivity contribution in [1.29, 1.82) is 0 Å². The number of halogens is 2.